The first-order valence-electron chi connectivity index (χ1n) is 5.84. The third-order valence-corrected chi connectivity index (χ3v) is 2.83. The van der Waals surface area contributed by atoms with Gasteiger partial charge in [-0.3, -0.25) is 0 Å². The van der Waals surface area contributed by atoms with E-state index < -0.39 is 0 Å². The Morgan fingerprint density at radius 3 is 2.29 bits per heavy atom. The number of hydrogen-bond donors (Lipinski definition) is 1. The van der Waals surface area contributed by atoms with Crippen LogP contribution in [0.3, 0.4) is 0 Å². The fraction of sp³-hybridized carbons (Fsp3) is 0.846. The van der Waals surface area contributed by atoms with Gasteiger partial charge in [0.15, 0.2) is 0 Å². The van der Waals surface area contributed by atoms with Crippen LogP contribution in [0.1, 0.15) is 47.0 Å². The van der Waals surface area contributed by atoms with Gasteiger partial charge in [0.2, 0.25) is 0 Å². The van der Waals surface area contributed by atoms with E-state index in [2.05, 4.69) is 44.9 Å². The minimum absolute atomic E-state index is 0.592. The van der Waals surface area contributed by atoms with Crippen molar-refractivity contribution in [1.82, 2.24) is 5.32 Å². The second-order valence-corrected chi connectivity index (χ2v) is 4.97. The monoisotopic (exact) mass is 193 g/mol. The van der Waals surface area contributed by atoms with Gasteiger partial charge in [0.05, 0.1) is 0 Å². The molecule has 1 nitrogen and oxygen atoms in total. The highest BCUT2D eigenvalue weighted by Crippen LogP contribution is 2.19. The summed E-state index contributed by atoms with van der Waals surface area (Å²) < 4.78 is 0. The van der Waals surface area contributed by atoms with Crippen LogP contribution in [-0.2, 0) is 0 Å². The lowest BCUT2D eigenvalue weighted by atomic mass is 9.89. The quantitative estimate of drug-likeness (QED) is 0.640. The predicted molar refractivity (Wildman–Crippen MR) is 62.0 cm³/mol. The molecule has 1 N–H and O–H groups in total. The topological polar surface area (TPSA) is 12.0 Å². The molecule has 0 heterocycles. The van der Waals surface area contributed by atoms with Gasteiger partial charge >= 0.3 is 0 Å². The van der Waals surface area contributed by atoms with Crippen molar-refractivity contribution in [2.75, 3.05) is 0 Å². The van der Waals surface area contributed by atoms with Gasteiger partial charge in [-0.1, -0.05) is 33.6 Å². The smallest absolute Gasteiger partial charge is 0.0312 e. The van der Waals surface area contributed by atoms with Crippen LogP contribution in [0.15, 0.2) is 0 Å². The van der Waals surface area contributed by atoms with Crippen LogP contribution in [0.2, 0.25) is 0 Å². The van der Waals surface area contributed by atoms with Gasteiger partial charge in [0.25, 0.3) is 0 Å². The molecule has 0 aromatic heterocycles. The molecule has 2 atom stereocenters. The molecule has 0 spiro atoms. The van der Waals surface area contributed by atoms with Gasteiger partial charge in [-0.25, -0.2) is 0 Å². The molecule has 1 aliphatic carbocycles. The SMILES string of the molecule is CC(C)NC(CCC1C#CC1)C(C)C. The van der Waals surface area contributed by atoms with Crippen LogP contribution in [0.5, 0.6) is 0 Å². The van der Waals surface area contributed by atoms with Crippen molar-refractivity contribution in [2.45, 2.75) is 59.0 Å². The second-order valence-electron chi connectivity index (χ2n) is 4.97. The van der Waals surface area contributed by atoms with Crippen molar-refractivity contribution < 1.29 is 0 Å². The molecular weight excluding hydrogens is 170 g/mol. The van der Waals surface area contributed by atoms with E-state index in [9.17, 15) is 0 Å². The minimum atomic E-state index is 0.592. The molecule has 0 fully saturated rings. The van der Waals surface area contributed by atoms with Crippen LogP contribution in [-0.4, -0.2) is 12.1 Å². The zero-order valence-corrected chi connectivity index (χ0v) is 9.93. The standard InChI is InChI=1S/C13H23N/c1-10(2)13(14-11(3)4)9-8-12-6-5-7-12/h10-14H,6,8-9H2,1-4H3. The van der Waals surface area contributed by atoms with Crippen molar-refractivity contribution in [3.63, 3.8) is 0 Å². The summed E-state index contributed by atoms with van der Waals surface area (Å²) in [6, 6.07) is 1.26. The summed E-state index contributed by atoms with van der Waals surface area (Å²) in [5.74, 6) is 7.73. The minimum Gasteiger partial charge on any atom is -0.312 e. The van der Waals surface area contributed by atoms with E-state index in [1.165, 1.54) is 12.8 Å². The summed E-state index contributed by atoms with van der Waals surface area (Å²) in [5.41, 5.74) is 0. The molecule has 0 radical (unpaired) electrons. The highest BCUT2D eigenvalue weighted by molar-refractivity contribution is 5.16. The Balaban J connectivity index is 2.24. The fourth-order valence-electron chi connectivity index (χ4n) is 1.84. The average Bonchev–Trinajstić information content (AvgIpc) is 1.98. The van der Waals surface area contributed by atoms with Gasteiger partial charge in [0, 0.05) is 24.4 Å². The molecule has 14 heavy (non-hydrogen) atoms. The molecule has 1 rings (SSSR count). The first-order valence-corrected chi connectivity index (χ1v) is 5.84. The maximum atomic E-state index is 3.63. The Morgan fingerprint density at radius 2 is 1.93 bits per heavy atom. The summed E-state index contributed by atoms with van der Waals surface area (Å²) in [6.07, 6.45) is 3.68. The van der Waals surface area contributed by atoms with Crippen LogP contribution in [0, 0.1) is 23.7 Å². The Morgan fingerprint density at radius 1 is 1.29 bits per heavy atom. The van der Waals surface area contributed by atoms with Crippen LogP contribution in [0.25, 0.3) is 0 Å². The molecule has 2 unspecified atom stereocenters. The Kier molecular flexibility index (Phi) is 4.48. The maximum absolute atomic E-state index is 3.63. The normalized spacial score (nSPS) is 21.7. The third kappa shape index (κ3) is 3.72. The fourth-order valence-corrected chi connectivity index (χ4v) is 1.84. The van der Waals surface area contributed by atoms with Gasteiger partial charge in [0.1, 0.15) is 0 Å². The van der Waals surface area contributed by atoms with Gasteiger partial charge < -0.3 is 5.32 Å². The summed E-state index contributed by atoms with van der Waals surface area (Å²) >= 11 is 0. The van der Waals surface area contributed by atoms with Gasteiger partial charge in [-0.05, 0) is 18.8 Å². The van der Waals surface area contributed by atoms with Crippen LogP contribution < -0.4 is 5.32 Å². The second kappa shape index (κ2) is 5.41. The molecule has 0 saturated heterocycles. The molecule has 0 amide bonds. The van der Waals surface area contributed by atoms with E-state index in [4.69, 9.17) is 0 Å². The van der Waals surface area contributed by atoms with Crippen LogP contribution >= 0.6 is 0 Å². The van der Waals surface area contributed by atoms with Crippen molar-refractivity contribution in [3.05, 3.63) is 0 Å². The summed E-state index contributed by atoms with van der Waals surface area (Å²) in [5, 5.41) is 3.63. The molecule has 0 aliphatic heterocycles. The number of rotatable bonds is 6. The van der Waals surface area contributed by atoms with E-state index in [1.54, 1.807) is 0 Å². The number of hydrogen-bond acceptors (Lipinski definition) is 1. The highest BCUT2D eigenvalue weighted by Gasteiger charge is 2.17. The summed E-state index contributed by atoms with van der Waals surface area (Å²) in [6.45, 7) is 9.04. The molecule has 1 aliphatic rings. The molecule has 0 bridgehead atoms. The van der Waals surface area contributed by atoms with Gasteiger partial charge in [-0.2, -0.15) is 0 Å². The Hall–Kier alpha value is -0.480. The Labute approximate surface area is 88.7 Å². The van der Waals surface area contributed by atoms with E-state index in [1.807, 2.05) is 0 Å². The van der Waals surface area contributed by atoms with Crippen molar-refractivity contribution in [2.24, 2.45) is 11.8 Å². The summed E-state index contributed by atoms with van der Waals surface area (Å²) in [4.78, 5) is 0. The number of nitrogens with one attached hydrogen (secondary N) is 1. The van der Waals surface area contributed by atoms with Crippen molar-refractivity contribution in [3.8, 4) is 11.8 Å². The lowest BCUT2D eigenvalue weighted by Crippen LogP contribution is -2.38. The molecule has 1 heteroatoms. The van der Waals surface area contributed by atoms with E-state index in [-0.39, 0.29) is 0 Å². The molecular formula is C13H23N. The molecule has 0 aromatic rings. The molecule has 0 aromatic carbocycles. The zero-order valence-electron chi connectivity index (χ0n) is 9.93. The average molecular weight is 193 g/mol. The van der Waals surface area contributed by atoms with E-state index in [0.29, 0.717) is 18.0 Å². The highest BCUT2D eigenvalue weighted by atomic mass is 14.9. The Bertz CT molecular complexity index is 219. The van der Waals surface area contributed by atoms with E-state index in [0.717, 1.165) is 12.3 Å². The maximum Gasteiger partial charge on any atom is 0.0312 e. The lowest BCUT2D eigenvalue weighted by molar-refractivity contribution is 0.332. The largest absolute Gasteiger partial charge is 0.312 e. The lowest BCUT2D eigenvalue weighted by Gasteiger charge is -2.26. The first-order chi connectivity index (χ1) is 6.59. The molecule has 0 saturated carbocycles. The first kappa shape index (κ1) is 11.6. The van der Waals surface area contributed by atoms with Crippen LogP contribution in [0.4, 0.5) is 0 Å². The molecule has 80 valence electrons. The summed E-state index contributed by atoms with van der Waals surface area (Å²) in [7, 11) is 0. The zero-order chi connectivity index (χ0) is 10.6. The van der Waals surface area contributed by atoms with Crippen molar-refractivity contribution >= 4 is 0 Å². The van der Waals surface area contributed by atoms with E-state index >= 15 is 0 Å². The predicted octanol–water partition coefficient (Wildman–Crippen LogP) is 2.81. The van der Waals surface area contributed by atoms with Gasteiger partial charge in [-0.15, -0.1) is 5.92 Å². The third-order valence-electron chi connectivity index (χ3n) is 2.83. The van der Waals surface area contributed by atoms with Crippen molar-refractivity contribution in [1.29, 1.82) is 0 Å².